The SMILES string of the molecule is CCOC(=O)N1CCN(C(=O)COC(=O)c2oc3ccccc3c2COC)CC1. The Kier molecular flexibility index (Phi) is 6.71. The third-order valence-electron chi connectivity index (χ3n) is 4.66. The third kappa shape index (κ3) is 4.68. The number of methoxy groups -OCH3 is 1. The van der Waals surface area contributed by atoms with Crippen LogP contribution in [-0.2, 0) is 25.6 Å². The van der Waals surface area contributed by atoms with E-state index in [9.17, 15) is 14.4 Å². The summed E-state index contributed by atoms with van der Waals surface area (Å²) in [6, 6.07) is 7.22. The van der Waals surface area contributed by atoms with Crippen LogP contribution in [0.1, 0.15) is 23.0 Å². The Labute approximate surface area is 168 Å². The number of furan rings is 1. The Balaban J connectivity index is 1.57. The number of para-hydroxylation sites is 1. The fourth-order valence-electron chi connectivity index (χ4n) is 3.19. The number of nitrogens with zero attached hydrogens (tertiary/aromatic N) is 2. The van der Waals surface area contributed by atoms with Crippen molar-refractivity contribution >= 4 is 28.9 Å². The maximum absolute atomic E-state index is 12.5. The second-order valence-electron chi connectivity index (χ2n) is 6.48. The summed E-state index contributed by atoms with van der Waals surface area (Å²) in [7, 11) is 1.52. The Morgan fingerprint density at radius 2 is 1.72 bits per heavy atom. The second-order valence-corrected chi connectivity index (χ2v) is 6.48. The van der Waals surface area contributed by atoms with Gasteiger partial charge in [-0.2, -0.15) is 0 Å². The van der Waals surface area contributed by atoms with Gasteiger partial charge < -0.3 is 28.4 Å². The van der Waals surface area contributed by atoms with Crippen LogP contribution in [0.25, 0.3) is 11.0 Å². The third-order valence-corrected chi connectivity index (χ3v) is 4.66. The number of esters is 1. The average Bonchev–Trinajstić information content (AvgIpc) is 3.11. The van der Waals surface area contributed by atoms with Gasteiger partial charge >= 0.3 is 12.1 Å². The largest absolute Gasteiger partial charge is 0.450 e. The van der Waals surface area contributed by atoms with E-state index in [0.29, 0.717) is 43.9 Å². The van der Waals surface area contributed by atoms with E-state index in [2.05, 4.69) is 0 Å². The van der Waals surface area contributed by atoms with Gasteiger partial charge in [0.25, 0.3) is 5.91 Å². The maximum Gasteiger partial charge on any atom is 0.409 e. The highest BCUT2D eigenvalue weighted by molar-refractivity contribution is 5.96. The normalized spacial score (nSPS) is 14.1. The molecule has 2 heterocycles. The lowest BCUT2D eigenvalue weighted by molar-refractivity contribution is -0.136. The first-order valence-electron chi connectivity index (χ1n) is 9.41. The van der Waals surface area contributed by atoms with Crippen molar-refractivity contribution < 1.29 is 33.0 Å². The van der Waals surface area contributed by atoms with Crippen molar-refractivity contribution in [3.63, 3.8) is 0 Å². The van der Waals surface area contributed by atoms with Gasteiger partial charge in [0.1, 0.15) is 5.58 Å². The number of hydrogen-bond donors (Lipinski definition) is 0. The van der Waals surface area contributed by atoms with E-state index in [1.54, 1.807) is 28.9 Å². The monoisotopic (exact) mass is 404 g/mol. The number of carbonyl (C=O) groups excluding carboxylic acids is 3. The molecule has 1 fully saturated rings. The molecule has 0 N–H and O–H groups in total. The van der Waals surface area contributed by atoms with Gasteiger partial charge in [-0.1, -0.05) is 18.2 Å². The summed E-state index contributed by atoms with van der Waals surface area (Å²) in [5.74, 6) is -1.01. The van der Waals surface area contributed by atoms with Crippen LogP contribution in [0, 0.1) is 0 Å². The second kappa shape index (κ2) is 9.42. The first-order chi connectivity index (χ1) is 14.0. The summed E-state index contributed by atoms with van der Waals surface area (Å²) < 4.78 is 20.9. The summed E-state index contributed by atoms with van der Waals surface area (Å²) in [5.41, 5.74) is 1.14. The van der Waals surface area contributed by atoms with Crippen LogP contribution >= 0.6 is 0 Å². The molecule has 2 aromatic rings. The minimum atomic E-state index is -0.716. The number of amides is 2. The van der Waals surface area contributed by atoms with Crippen molar-refractivity contribution in [3.8, 4) is 0 Å². The van der Waals surface area contributed by atoms with E-state index >= 15 is 0 Å². The molecule has 1 saturated heterocycles. The van der Waals surface area contributed by atoms with E-state index in [1.165, 1.54) is 7.11 Å². The summed E-state index contributed by atoms with van der Waals surface area (Å²) in [4.78, 5) is 39.7. The minimum Gasteiger partial charge on any atom is -0.450 e. The van der Waals surface area contributed by atoms with Crippen molar-refractivity contribution in [2.24, 2.45) is 0 Å². The highest BCUT2D eigenvalue weighted by atomic mass is 16.6. The molecule has 9 heteroatoms. The summed E-state index contributed by atoms with van der Waals surface area (Å²) in [6.45, 7) is 3.30. The van der Waals surface area contributed by atoms with Crippen LogP contribution in [0.2, 0.25) is 0 Å². The van der Waals surface area contributed by atoms with E-state index < -0.39 is 12.6 Å². The maximum atomic E-state index is 12.5. The Morgan fingerprint density at radius 3 is 2.41 bits per heavy atom. The lowest BCUT2D eigenvalue weighted by Gasteiger charge is -2.33. The fourth-order valence-corrected chi connectivity index (χ4v) is 3.19. The van der Waals surface area contributed by atoms with Crippen molar-refractivity contribution in [2.75, 3.05) is 46.5 Å². The molecule has 2 amide bonds. The fraction of sp³-hybridized carbons (Fsp3) is 0.450. The van der Waals surface area contributed by atoms with Crippen LogP contribution in [0.5, 0.6) is 0 Å². The molecule has 1 aliphatic heterocycles. The standard InChI is InChI=1S/C20H24N2O7/c1-3-27-20(25)22-10-8-21(9-11-22)17(23)13-28-19(24)18-15(12-26-2)14-6-4-5-7-16(14)29-18/h4-7H,3,8-13H2,1-2H3. The summed E-state index contributed by atoms with van der Waals surface area (Å²) in [6.07, 6.45) is -0.387. The van der Waals surface area contributed by atoms with Crippen molar-refractivity contribution in [1.29, 1.82) is 0 Å². The Morgan fingerprint density at radius 1 is 1.03 bits per heavy atom. The van der Waals surface area contributed by atoms with Gasteiger partial charge in [-0.25, -0.2) is 9.59 Å². The molecule has 3 rings (SSSR count). The van der Waals surface area contributed by atoms with Crippen molar-refractivity contribution in [2.45, 2.75) is 13.5 Å². The van der Waals surface area contributed by atoms with Gasteiger partial charge in [0, 0.05) is 44.2 Å². The summed E-state index contributed by atoms with van der Waals surface area (Å²) >= 11 is 0. The Bertz CT molecular complexity index is 884. The number of hydrogen-bond acceptors (Lipinski definition) is 7. The topological polar surface area (TPSA) is 98.5 Å². The number of piperazine rings is 1. The van der Waals surface area contributed by atoms with E-state index in [1.807, 2.05) is 12.1 Å². The van der Waals surface area contributed by atoms with Crippen LogP contribution in [0.15, 0.2) is 28.7 Å². The van der Waals surface area contributed by atoms with Crippen molar-refractivity contribution in [3.05, 3.63) is 35.6 Å². The predicted molar refractivity (Wildman–Crippen MR) is 102 cm³/mol. The molecule has 0 bridgehead atoms. The molecule has 1 aliphatic rings. The van der Waals surface area contributed by atoms with E-state index in [-0.39, 0.29) is 24.4 Å². The van der Waals surface area contributed by atoms with Crippen LogP contribution in [-0.4, -0.2) is 74.3 Å². The highest BCUT2D eigenvalue weighted by Crippen LogP contribution is 2.27. The molecule has 1 aromatic carbocycles. The number of ether oxygens (including phenoxy) is 3. The molecule has 0 unspecified atom stereocenters. The lowest BCUT2D eigenvalue weighted by atomic mass is 10.1. The molecule has 0 atom stereocenters. The zero-order valence-corrected chi connectivity index (χ0v) is 16.5. The number of fused-ring (bicyclic) bond motifs is 1. The quantitative estimate of drug-likeness (QED) is 0.680. The first-order valence-corrected chi connectivity index (χ1v) is 9.41. The minimum absolute atomic E-state index is 0.0352. The van der Waals surface area contributed by atoms with Crippen LogP contribution in [0.3, 0.4) is 0 Å². The molecule has 1 aromatic heterocycles. The molecular formula is C20H24N2O7. The van der Waals surface area contributed by atoms with Crippen LogP contribution < -0.4 is 0 Å². The van der Waals surface area contributed by atoms with E-state index in [4.69, 9.17) is 18.6 Å². The molecule has 0 radical (unpaired) electrons. The van der Waals surface area contributed by atoms with Gasteiger partial charge in [0.2, 0.25) is 5.76 Å². The number of carbonyl (C=O) groups is 3. The molecule has 0 spiro atoms. The molecule has 0 saturated carbocycles. The van der Waals surface area contributed by atoms with E-state index in [0.717, 1.165) is 5.39 Å². The molecule has 29 heavy (non-hydrogen) atoms. The molecule has 0 aliphatic carbocycles. The molecule has 156 valence electrons. The number of rotatable bonds is 6. The Hall–Kier alpha value is -3.07. The summed E-state index contributed by atoms with van der Waals surface area (Å²) in [5, 5.41) is 0.766. The average molecular weight is 404 g/mol. The predicted octanol–water partition coefficient (Wildman–Crippen LogP) is 2.04. The van der Waals surface area contributed by atoms with Gasteiger partial charge in [0.05, 0.1) is 13.2 Å². The molecule has 9 nitrogen and oxygen atoms in total. The molecular weight excluding hydrogens is 380 g/mol. The first kappa shape index (κ1) is 20.7. The smallest absolute Gasteiger partial charge is 0.409 e. The highest BCUT2D eigenvalue weighted by Gasteiger charge is 2.27. The van der Waals surface area contributed by atoms with Gasteiger partial charge in [-0.15, -0.1) is 0 Å². The van der Waals surface area contributed by atoms with Gasteiger partial charge in [-0.3, -0.25) is 4.79 Å². The van der Waals surface area contributed by atoms with Crippen molar-refractivity contribution in [1.82, 2.24) is 9.80 Å². The number of benzene rings is 1. The zero-order chi connectivity index (χ0) is 20.8. The van der Waals surface area contributed by atoms with Crippen LogP contribution in [0.4, 0.5) is 4.79 Å². The lowest BCUT2D eigenvalue weighted by Crippen LogP contribution is -2.51. The van der Waals surface area contributed by atoms with Gasteiger partial charge in [0.15, 0.2) is 6.61 Å². The zero-order valence-electron chi connectivity index (χ0n) is 16.5. The van der Waals surface area contributed by atoms with Gasteiger partial charge in [-0.05, 0) is 13.0 Å².